The molecule has 186 valence electrons. The molecule has 2 aromatic carbocycles. The summed E-state index contributed by atoms with van der Waals surface area (Å²) in [5.41, 5.74) is 0.490. The molecule has 8 nitrogen and oxygen atoms in total. The smallest absolute Gasteiger partial charge is 0.310 e. The molecule has 1 N–H and O–H groups in total. The van der Waals surface area contributed by atoms with Crippen LogP contribution in [0.25, 0.3) is 11.0 Å². The van der Waals surface area contributed by atoms with E-state index in [1.165, 1.54) is 6.07 Å². The monoisotopic (exact) mass is 481 g/mol. The molecule has 0 spiro atoms. The molecule has 0 radical (unpaired) electrons. The quantitative estimate of drug-likeness (QED) is 0.459. The third-order valence-corrected chi connectivity index (χ3v) is 6.13. The summed E-state index contributed by atoms with van der Waals surface area (Å²) >= 11 is 0. The van der Waals surface area contributed by atoms with Gasteiger partial charge in [-0.3, -0.25) is 14.5 Å². The number of esters is 1. The number of ether oxygens (including phenoxy) is 3. The molecule has 8 heteroatoms. The Hall–Kier alpha value is -3.52. The zero-order valence-electron chi connectivity index (χ0n) is 20.3. The van der Waals surface area contributed by atoms with E-state index >= 15 is 0 Å². The van der Waals surface area contributed by atoms with E-state index in [1.807, 2.05) is 13.0 Å². The average molecular weight is 482 g/mol. The van der Waals surface area contributed by atoms with Crippen molar-refractivity contribution in [1.82, 2.24) is 4.90 Å². The Labute approximate surface area is 204 Å². The second kappa shape index (κ2) is 10.8. The highest BCUT2D eigenvalue weighted by Crippen LogP contribution is 2.35. The van der Waals surface area contributed by atoms with Crippen molar-refractivity contribution in [1.29, 1.82) is 0 Å². The van der Waals surface area contributed by atoms with Gasteiger partial charge in [-0.25, -0.2) is 0 Å². The first kappa shape index (κ1) is 24.6. The van der Waals surface area contributed by atoms with E-state index in [0.717, 1.165) is 19.4 Å². The summed E-state index contributed by atoms with van der Waals surface area (Å²) in [4.78, 5) is 27.7. The van der Waals surface area contributed by atoms with Crippen molar-refractivity contribution in [2.45, 2.75) is 40.2 Å². The molecule has 0 bridgehead atoms. The summed E-state index contributed by atoms with van der Waals surface area (Å²) in [6.45, 7) is 7.77. The lowest BCUT2D eigenvalue weighted by atomic mass is 9.97. The van der Waals surface area contributed by atoms with Crippen LogP contribution < -0.4 is 14.9 Å². The van der Waals surface area contributed by atoms with E-state index in [0.29, 0.717) is 60.1 Å². The number of rotatable bonds is 8. The lowest BCUT2D eigenvalue weighted by molar-refractivity contribution is -0.150. The van der Waals surface area contributed by atoms with Crippen molar-refractivity contribution >= 4 is 16.9 Å². The Bertz CT molecular complexity index is 1270. The van der Waals surface area contributed by atoms with Crippen LogP contribution in [0.4, 0.5) is 0 Å². The number of carbonyl (C=O) groups excluding carboxylic acids is 1. The van der Waals surface area contributed by atoms with Crippen molar-refractivity contribution in [3.63, 3.8) is 0 Å². The van der Waals surface area contributed by atoms with Gasteiger partial charge in [0, 0.05) is 13.1 Å². The van der Waals surface area contributed by atoms with Crippen LogP contribution in [0.3, 0.4) is 0 Å². The van der Waals surface area contributed by atoms with Gasteiger partial charge in [0.25, 0.3) is 0 Å². The average Bonchev–Trinajstić information content (AvgIpc) is 2.85. The zero-order valence-corrected chi connectivity index (χ0v) is 20.3. The molecule has 1 fully saturated rings. The third kappa shape index (κ3) is 5.27. The molecule has 1 aliphatic rings. The molecule has 1 aromatic heterocycles. The molecule has 0 aliphatic carbocycles. The molecule has 1 saturated heterocycles. The van der Waals surface area contributed by atoms with Crippen molar-refractivity contribution in [3.8, 4) is 23.0 Å². The highest BCUT2D eigenvalue weighted by Gasteiger charge is 2.28. The van der Waals surface area contributed by atoms with Crippen LogP contribution in [0.15, 0.2) is 45.6 Å². The molecule has 0 amide bonds. The Morgan fingerprint density at radius 3 is 2.66 bits per heavy atom. The van der Waals surface area contributed by atoms with Gasteiger partial charge < -0.3 is 23.7 Å². The Morgan fingerprint density at radius 1 is 1.14 bits per heavy atom. The first-order valence-electron chi connectivity index (χ1n) is 12.0. The molecule has 35 heavy (non-hydrogen) atoms. The van der Waals surface area contributed by atoms with Crippen LogP contribution >= 0.6 is 0 Å². The SMILES string of the molecule is CCOC(=O)C1CCCN(Cc2c(O)ccc3c(=O)c(Oc4ccccc4OCC)c(C)oc23)C1. The van der Waals surface area contributed by atoms with Gasteiger partial charge >= 0.3 is 5.97 Å². The number of piperidine rings is 1. The van der Waals surface area contributed by atoms with E-state index < -0.39 is 0 Å². The van der Waals surface area contributed by atoms with Crippen LogP contribution in [0.1, 0.15) is 38.0 Å². The van der Waals surface area contributed by atoms with Crippen molar-refractivity contribution in [2.75, 3.05) is 26.3 Å². The van der Waals surface area contributed by atoms with Crippen LogP contribution in [0, 0.1) is 12.8 Å². The van der Waals surface area contributed by atoms with Crippen LogP contribution in [-0.4, -0.2) is 42.3 Å². The van der Waals surface area contributed by atoms with E-state index in [1.54, 1.807) is 38.1 Å². The lowest BCUT2D eigenvalue weighted by Gasteiger charge is -2.31. The summed E-state index contributed by atoms with van der Waals surface area (Å²) < 4.78 is 22.8. The second-order valence-electron chi connectivity index (χ2n) is 8.56. The van der Waals surface area contributed by atoms with Gasteiger partial charge in [-0.05, 0) is 64.4 Å². The maximum absolute atomic E-state index is 13.4. The largest absolute Gasteiger partial charge is 0.507 e. The highest BCUT2D eigenvalue weighted by atomic mass is 16.5. The molecular weight excluding hydrogens is 450 g/mol. The van der Waals surface area contributed by atoms with Gasteiger partial charge in [-0.2, -0.15) is 0 Å². The third-order valence-electron chi connectivity index (χ3n) is 6.13. The Kier molecular flexibility index (Phi) is 7.60. The molecule has 3 aromatic rings. The Balaban J connectivity index is 1.66. The molecule has 1 unspecified atom stereocenters. The van der Waals surface area contributed by atoms with Gasteiger partial charge in [-0.1, -0.05) is 12.1 Å². The summed E-state index contributed by atoms with van der Waals surface area (Å²) in [6.07, 6.45) is 1.62. The standard InChI is InChI=1S/C27H31NO7/c1-4-32-22-10-6-7-11-23(22)35-25-17(3)34-26-19(24(25)30)12-13-21(29)20(26)16-28-14-8-9-18(15-28)27(31)33-5-2/h6-7,10-13,18,29H,4-5,8-9,14-16H2,1-3H3. The van der Waals surface area contributed by atoms with Crippen molar-refractivity contribution in [3.05, 3.63) is 57.9 Å². The number of benzene rings is 2. The molecule has 4 rings (SSSR count). The summed E-state index contributed by atoms with van der Waals surface area (Å²) in [5, 5.41) is 11.0. The predicted molar refractivity (Wildman–Crippen MR) is 131 cm³/mol. The summed E-state index contributed by atoms with van der Waals surface area (Å²) in [6, 6.07) is 10.2. The maximum Gasteiger partial charge on any atom is 0.310 e. The minimum atomic E-state index is -0.334. The van der Waals surface area contributed by atoms with Gasteiger partial charge in [0.1, 0.15) is 17.1 Å². The first-order chi connectivity index (χ1) is 16.9. The number of phenols is 1. The number of para-hydroxylation sites is 2. The summed E-state index contributed by atoms with van der Waals surface area (Å²) in [7, 11) is 0. The lowest BCUT2D eigenvalue weighted by Crippen LogP contribution is -2.39. The predicted octanol–water partition coefficient (Wildman–Crippen LogP) is 4.77. The number of fused-ring (bicyclic) bond motifs is 1. The van der Waals surface area contributed by atoms with Crippen molar-refractivity contribution in [2.24, 2.45) is 5.92 Å². The zero-order chi connectivity index (χ0) is 24.9. The minimum Gasteiger partial charge on any atom is -0.507 e. The molecule has 2 heterocycles. The number of hydrogen-bond acceptors (Lipinski definition) is 8. The van der Waals surface area contributed by atoms with Crippen molar-refractivity contribution < 1.29 is 28.5 Å². The fraction of sp³-hybridized carbons (Fsp3) is 0.407. The van der Waals surface area contributed by atoms with Crippen LogP contribution in [0.2, 0.25) is 0 Å². The topological polar surface area (TPSA) is 98.4 Å². The van der Waals surface area contributed by atoms with Crippen LogP contribution in [0.5, 0.6) is 23.0 Å². The number of carbonyl (C=O) groups is 1. The molecule has 1 atom stereocenters. The summed E-state index contributed by atoms with van der Waals surface area (Å²) in [5.74, 6) is 0.942. The minimum absolute atomic E-state index is 0.0358. The Morgan fingerprint density at radius 2 is 1.91 bits per heavy atom. The van der Waals surface area contributed by atoms with Gasteiger partial charge in [0.05, 0.1) is 30.1 Å². The van der Waals surface area contributed by atoms with E-state index in [-0.39, 0.29) is 28.8 Å². The van der Waals surface area contributed by atoms with Gasteiger partial charge in [0.15, 0.2) is 11.5 Å². The fourth-order valence-electron chi connectivity index (χ4n) is 4.46. The number of nitrogens with zero attached hydrogens (tertiary/aromatic N) is 1. The second-order valence-corrected chi connectivity index (χ2v) is 8.56. The van der Waals surface area contributed by atoms with E-state index in [4.69, 9.17) is 18.6 Å². The number of hydrogen-bond donors (Lipinski definition) is 1. The molecular formula is C27H31NO7. The van der Waals surface area contributed by atoms with E-state index in [9.17, 15) is 14.7 Å². The highest BCUT2D eigenvalue weighted by molar-refractivity contribution is 5.83. The normalized spacial score (nSPS) is 16.3. The number of aromatic hydroxyl groups is 1. The van der Waals surface area contributed by atoms with Crippen LogP contribution in [-0.2, 0) is 16.1 Å². The maximum atomic E-state index is 13.4. The number of phenolic OH excluding ortho intramolecular Hbond substituents is 1. The molecule has 0 saturated carbocycles. The number of likely N-dealkylation sites (tertiary alicyclic amines) is 1. The number of aryl methyl sites for hydroxylation is 1. The first-order valence-corrected chi connectivity index (χ1v) is 12.0. The molecule has 1 aliphatic heterocycles. The van der Waals surface area contributed by atoms with E-state index in [2.05, 4.69) is 4.90 Å². The van der Waals surface area contributed by atoms with Gasteiger partial charge in [0.2, 0.25) is 11.2 Å². The fourth-order valence-corrected chi connectivity index (χ4v) is 4.46. The van der Waals surface area contributed by atoms with Gasteiger partial charge in [-0.15, -0.1) is 0 Å².